The third-order valence-corrected chi connectivity index (χ3v) is 3.83. The number of aliphatic hydroxyl groups is 2. The van der Waals surface area contributed by atoms with Crippen molar-refractivity contribution in [3.05, 3.63) is 53.6 Å². The average molecular weight is 300 g/mol. The zero-order chi connectivity index (χ0) is 16.3. The van der Waals surface area contributed by atoms with Gasteiger partial charge in [-0.05, 0) is 47.9 Å². The molecule has 2 aromatic rings. The molecular formula is C18H20O4. The molecule has 0 heterocycles. The summed E-state index contributed by atoms with van der Waals surface area (Å²) in [7, 11) is 0. The van der Waals surface area contributed by atoms with Crippen LogP contribution in [0, 0.1) is 5.41 Å². The zero-order valence-electron chi connectivity index (χ0n) is 12.7. The Labute approximate surface area is 129 Å². The number of aliphatic carboxylic acids is 1. The van der Waals surface area contributed by atoms with Gasteiger partial charge in [0, 0.05) is 0 Å². The highest BCUT2D eigenvalue weighted by Crippen LogP contribution is 2.24. The fraction of sp³-hybridized carbons (Fsp3) is 0.278. The van der Waals surface area contributed by atoms with E-state index in [0.29, 0.717) is 0 Å². The largest absolute Gasteiger partial charge is 0.481 e. The highest BCUT2D eigenvalue weighted by atomic mass is 16.4. The van der Waals surface area contributed by atoms with E-state index < -0.39 is 24.1 Å². The first-order valence-electron chi connectivity index (χ1n) is 7.11. The van der Waals surface area contributed by atoms with Crippen molar-refractivity contribution >= 4 is 22.8 Å². The van der Waals surface area contributed by atoms with E-state index in [1.165, 1.54) is 13.0 Å². The van der Waals surface area contributed by atoms with Gasteiger partial charge >= 0.3 is 5.97 Å². The molecule has 2 rings (SSSR count). The molecule has 4 nitrogen and oxygen atoms in total. The summed E-state index contributed by atoms with van der Waals surface area (Å²) >= 11 is 0. The SMILES string of the molecule is CC(O)c1ccc2ccc(C=CC(C)(CO)C(=O)O)cc2c1. The smallest absolute Gasteiger partial charge is 0.315 e. The predicted octanol–water partition coefficient (Wildman–Crippen LogP) is 2.99. The van der Waals surface area contributed by atoms with Crippen LogP contribution >= 0.6 is 0 Å². The Balaban J connectivity index is 2.38. The first kappa shape index (κ1) is 16.2. The number of carboxylic acid groups (broad SMARTS) is 1. The molecule has 0 bridgehead atoms. The lowest BCUT2D eigenvalue weighted by Gasteiger charge is -2.16. The molecule has 4 heteroatoms. The van der Waals surface area contributed by atoms with Crippen molar-refractivity contribution in [3.63, 3.8) is 0 Å². The molecule has 2 atom stereocenters. The van der Waals surface area contributed by atoms with E-state index in [1.807, 2.05) is 36.4 Å². The predicted molar refractivity (Wildman–Crippen MR) is 86.4 cm³/mol. The summed E-state index contributed by atoms with van der Waals surface area (Å²) in [5.74, 6) is -1.07. The van der Waals surface area contributed by atoms with E-state index in [0.717, 1.165) is 21.9 Å². The second-order valence-corrected chi connectivity index (χ2v) is 5.76. The molecule has 0 fully saturated rings. The van der Waals surface area contributed by atoms with Crippen molar-refractivity contribution in [1.82, 2.24) is 0 Å². The number of hydrogen-bond donors (Lipinski definition) is 3. The van der Waals surface area contributed by atoms with Gasteiger partial charge in [0.1, 0.15) is 5.41 Å². The molecule has 0 aromatic heterocycles. The highest BCUT2D eigenvalue weighted by molar-refractivity contribution is 5.86. The van der Waals surface area contributed by atoms with Crippen molar-refractivity contribution in [1.29, 1.82) is 0 Å². The Kier molecular flexibility index (Phi) is 4.64. The summed E-state index contributed by atoms with van der Waals surface area (Å²) in [6.07, 6.45) is 2.65. The topological polar surface area (TPSA) is 77.8 Å². The number of carboxylic acids is 1. The summed E-state index contributed by atoms with van der Waals surface area (Å²) in [5, 5.41) is 30.1. The van der Waals surface area contributed by atoms with Gasteiger partial charge in [-0.2, -0.15) is 0 Å². The molecular weight excluding hydrogens is 280 g/mol. The van der Waals surface area contributed by atoms with Gasteiger partial charge in [0.2, 0.25) is 0 Å². The molecule has 0 saturated carbocycles. The van der Waals surface area contributed by atoms with Gasteiger partial charge in [0.15, 0.2) is 0 Å². The number of hydrogen-bond acceptors (Lipinski definition) is 3. The van der Waals surface area contributed by atoms with Crippen molar-refractivity contribution in [2.45, 2.75) is 20.0 Å². The van der Waals surface area contributed by atoms with E-state index in [-0.39, 0.29) is 0 Å². The van der Waals surface area contributed by atoms with Crippen LogP contribution in [-0.2, 0) is 4.79 Å². The standard InChI is InChI=1S/C18H20O4/c1-12(20)15-6-5-14-4-3-13(9-16(14)10-15)7-8-18(2,11-19)17(21)22/h3-10,12,19-20H,11H2,1-2H3,(H,21,22). The summed E-state index contributed by atoms with van der Waals surface area (Å²) in [6.45, 7) is 2.72. The van der Waals surface area contributed by atoms with Crippen LogP contribution in [0.4, 0.5) is 0 Å². The van der Waals surface area contributed by atoms with Gasteiger partial charge in [-0.15, -0.1) is 0 Å². The molecule has 0 spiro atoms. The molecule has 0 aliphatic rings. The summed E-state index contributed by atoms with van der Waals surface area (Å²) in [4.78, 5) is 11.2. The van der Waals surface area contributed by atoms with Crippen LogP contribution < -0.4 is 0 Å². The zero-order valence-corrected chi connectivity index (χ0v) is 12.7. The molecule has 3 N–H and O–H groups in total. The number of rotatable bonds is 5. The molecule has 0 saturated heterocycles. The maximum Gasteiger partial charge on any atom is 0.315 e. The molecule has 0 radical (unpaired) electrons. The van der Waals surface area contributed by atoms with Crippen LogP contribution in [0.5, 0.6) is 0 Å². The maximum absolute atomic E-state index is 11.2. The normalized spacial score (nSPS) is 15.8. The summed E-state index contributed by atoms with van der Waals surface area (Å²) < 4.78 is 0. The number of carbonyl (C=O) groups is 1. The number of benzene rings is 2. The average Bonchev–Trinajstić information content (AvgIpc) is 2.51. The Bertz CT molecular complexity index is 718. The van der Waals surface area contributed by atoms with Crippen LogP contribution in [0.1, 0.15) is 31.1 Å². The Hall–Kier alpha value is -2.17. The summed E-state index contributed by atoms with van der Waals surface area (Å²) in [6, 6.07) is 11.5. The fourth-order valence-corrected chi connectivity index (χ4v) is 2.12. The molecule has 116 valence electrons. The minimum atomic E-state index is -1.30. The number of fused-ring (bicyclic) bond motifs is 1. The van der Waals surface area contributed by atoms with Crippen LogP contribution in [0.2, 0.25) is 0 Å². The quantitative estimate of drug-likeness (QED) is 0.793. The molecule has 2 unspecified atom stereocenters. The molecule has 22 heavy (non-hydrogen) atoms. The minimum Gasteiger partial charge on any atom is -0.481 e. The van der Waals surface area contributed by atoms with Gasteiger partial charge in [-0.25, -0.2) is 0 Å². The van der Waals surface area contributed by atoms with E-state index in [1.54, 1.807) is 13.0 Å². The van der Waals surface area contributed by atoms with E-state index >= 15 is 0 Å². The fourth-order valence-electron chi connectivity index (χ4n) is 2.12. The lowest BCUT2D eigenvalue weighted by atomic mass is 9.90. The third kappa shape index (κ3) is 3.35. The lowest BCUT2D eigenvalue weighted by Crippen LogP contribution is -2.28. The first-order chi connectivity index (χ1) is 10.4. The second-order valence-electron chi connectivity index (χ2n) is 5.76. The lowest BCUT2D eigenvalue weighted by molar-refractivity contribution is -0.146. The molecule has 0 aliphatic carbocycles. The first-order valence-corrected chi connectivity index (χ1v) is 7.11. The monoisotopic (exact) mass is 300 g/mol. The van der Waals surface area contributed by atoms with E-state index in [4.69, 9.17) is 5.11 Å². The molecule has 2 aromatic carbocycles. The second kappa shape index (κ2) is 6.30. The molecule has 0 aliphatic heterocycles. The number of aliphatic hydroxyl groups excluding tert-OH is 2. The van der Waals surface area contributed by atoms with Crippen LogP contribution in [-0.4, -0.2) is 27.9 Å². The van der Waals surface area contributed by atoms with Crippen molar-refractivity contribution in [3.8, 4) is 0 Å². The maximum atomic E-state index is 11.2. The molecule has 0 amide bonds. The van der Waals surface area contributed by atoms with Gasteiger partial charge in [0.25, 0.3) is 0 Å². The summed E-state index contributed by atoms with van der Waals surface area (Å²) in [5.41, 5.74) is 0.381. The minimum absolute atomic E-state index is 0.460. The van der Waals surface area contributed by atoms with Crippen molar-refractivity contribution in [2.24, 2.45) is 5.41 Å². The van der Waals surface area contributed by atoms with E-state index in [2.05, 4.69) is 0 Å². The van der Waals surface area contributed by atoms with Gasteiger partial charge < -0.3 is 15.3 Å². The Morgan fingerprint density at radius 3 is 2.50 bits per heavy atom. The van der Waals surface area contributed by atoms with Crippen LogP contribution in [0.25, 0.3) is 16.8 Å². The van der Waals surface area contributed by atoms with Gasteiger partial charge in [-0.1, -0.05) is 36.4 Å². The Morgan fingerprint density at radius 1 is 1.23 bits per heavy atom. The van der Waals surface area contributed by atoms with Crippen LogP contribution in [0.15, 0.2) is 42.5 Å². The Morgan fingerprint density at radius 2 is 1.91 bits per heavy atom. The van der Waals surface area contributed by atoms with Crippen molar-refractivity contribution in [2.75, 3.05) is 6.61 Å². The highest BCUT2D eigenvalue weighted by Gasteiger charge is 2.28. The van der Waals surface area contributed by atoms with Crippen molar-refractivity contribution < 1.29 is 20.1 Å². The van der Waals surface area contributed by atoms with E-state index in [9.17, 15) is 15.0 Å². The van der Waals surface area contributed by atoms with Gasteiger partial charge in [-0.3, -0.25) is 4.79 Å². The third-order valence-electron chi connectivity index (χ3n) is 3.83. The van der Waals surface area contributed by atoms with Crippen LogP contribution in [0.3, 0.4) is 0 Å². The van der Waals surface area contributed by atoms with Gasteiger partial charge in [0.05, 0.1) is 12.7 Å².